The van der Waals surface area contributed by atoms with Crippen molar-refractivity contribution in [2.75, 3.05) is 13.1 Å². The van der Waals surface area contributed by atoms with Gasteiger partial charge in [-0.05, 0) is 54.9 Å². The minimum absolute atomic E-state index is 0.0715. The number of carbonyl (C=O) groups is 1. The maximum Gasteiger partial charge on any atom is 0.222 e. The van der Waals surface area contributed by atoms with Crippen molar-refractivity contribution < 1.29 is 4.79 Å². The number of amidine groups is 1. The summed E-state index contributed by atoms with van der Waals surface area (Å²) in [7, 11) is 0. The lowest BCUT2D eigenvalue weighted by molar-refractivity contribution is -0.132. The highest BCUT2D eigenvalue weighted by molar-refractivity contribution is 5.94. The van der Waals surface area contributed by atoms with Crippen molar-refractivity contribution in [2.45, 2.75) is 32.1 Å². The number of nitrogen functional groups attached to an aromatic ring is 1. The summed E-state index contributed by atoms with van der Waals surface area (Å²) in [5.74, 6) is 0.964. The molecule has 0 atom stereocenters. The van der Waals surface area contributed by atoms with E-state index in [1.807, 2.05) is 41.6 Å². The smallest absolute Gasteiger partial charge is 0.222 e. The van der Waals surface area contributed by atoms with Gasteiger partial charge in [0, 0.05) is 37.5 Å². The first-order valence-electron chi connectivity index (χ1n) is 9.22. The lowest BCUT2D eigenvalue weighted by Gasteiger charge is -2.32. The Kier molecular flexibility index (Phi) is 6.00. The molecule has 1 saturated heterocycles. The largest absolute Gasteiger partial charge is 0.384 e. The van der Waals surface area contributed by atoms with Crippen molar-refractivity contribution in [1.29, 1.82) is 5.41 Å². The molecular weight excluding hydrogens is 324 g/mol. The van der Waals surface area contributed by atoms with Crippen LogP contribution in [-0.2, 0) is 17.6 Å². The molecule has 5 heteroatoms. The number of carbonyl (C=O) groups excluding carboxylic acids is 1. The maximum absolute atomic E-state index is 12.5. The Bertz CT molecular complexity index is 734. The topological polar surface area (TPSA) is 83.1 Å². The van der Waals surface area contributed by atoms with Crippen LogP contribution in [-0.4, -0.2) is 34.7 Å². The molecule has 136 valence electrons. The number of likely N-dealkylation sites (tertiary alicyclic amines) is 1. The molecule has 1 aromatic heterocycles. The number of rotatable bonds is 6. The van der Waals surface area contributed by atoms with Crippen LogP contribution >= 0.6 is 0 Å². The average molecular weight is 350 g/mol. The number of benzene rings is 1. The van der Waals surface area contributed by atoms with Gasteiger partial charge in [-0.15, -0.1) is 0 Å². The van der Waals surface area contributed by atoms with Crippen LogP contribution in [0.25, 0.3) is 0 Å². The minimum Gasteiger partial charge on any atom is -0.384 e. The summed E-state index contributed by atoms with van der Waals surface area (Å²) in [5, 5.41) is 7.41. The fourth-order valence-corrected chi connectivity index (χ4v) is 3.50. The monoisotopic (exact) mass is 350 g/mol. The highest BCUT2D eigenvalue weighted by Gasteiger charge is 2.22. The van der Waals surface area contributed by atoms with Crippen molar-refractivity contribution in [1.82, 2.24) is 9.88 Å². The lowest BCUT2D eigenvalue weighted by Crippen LogP contribution is -2.39. The van der Waals surface area contributed by atoms with Crippen LogP contribution in [0.15, 0.2) is 48.8 Å². The van der Waals surface area contributed by atoms with E-state index in [1.54, 1.807) is 0 Å². The summed E-state index contributed by atoms with van der Waals surface area (Å²) < 4.78 is 0. The third-order valence-corrected chi connectivity index (χ3v) is 5.13. The molecular formula is C21H26N4O. The van der Waals surface area contributed by atoms with Crippen LogP contribution in [0.2, 0.25) is 0 Å². The van der Waals surface area contributed by atoms with Crippen LogP contribution in [0.1, 0.15) is 36.0 Å². The molecule has 2 heterocycles. The Hall–Kier alpha value is -2.69. The van der Waals surface area contributed by atoms with Crippen LogP contribution in [0.4, 0.5) is 0 Å². The first-order chi connectivity index (χ1) is 12.6. The maximum atomic E-state index is 12.5. The third kappa shape index (κ3) is 4.91. The van der Waals surface area contributed by atoms with Crippen molar-refractivity contribution in [3.05, 3.63) is 65.5 Å². The van der Waals surface area contributed by atoms with E-state index in [9.17, 15) is 4.79 Å². The molecule has 1 aliphatic heterocycles. The molecule has 0 saturated carbocycles. The van der Waals surface area contributed by atoms with Crippen LogP contribution < -0.4 is 5.73 Å². The van der Waals surface area contributed by atoms with E-state index in [0.29, 0.717) is 12.3 Å². The quantitative estimate of drug-likeness (QED) is 0.621. The number of aromatic nitrogens is 1. The molecule has 0 unspecified atom stereocenters. The number of nitrogens with two attached hydrogens (primary N) is 1. The Morgan fingerprint density at radius 2 is 1.73 bits per heavy atom. The molecule has 0 spiro atoms. The van der Waals surface area contributed by atoms with Crippen LogP contribution in [0.5, 0.6) is 0 Å². The molecule has 1 amide bonds. The fraction of sp³-hybridized carbons (Fsp3) is 0.381. The summed E-state index contributed by atoms with van der Waals surface area (Å²) in [4.78, 5) is 18.5. The summed E-state index contributed by atoms with van der Waals surface area (Å²) in [6.07, 6.45) is 8.17. The van der Waals surface area contributed by atoms with Crippen molar-refractivity contribution in [3.63, 3.8) is 0 Å². The van der Waals surface area contributed by atoms with Gasteiger partial charge in [0.1, 0.15) is 5.84 Å². The Morgan fingerprint density at radius 3 is 2.35 bits per heavy atom. The molecule has 1 aliphatic rings. The van der Waals surface area contributed by atoms with E-state index in [4.69, 9.17) is 11.1 Å². The summed E-state index contributed by atoms with van der Waals surface area (Å²) in [6, 6.07) is 11.7. The zero-order chi connectivity index (χ0) is 18.4. The van der Waals surface area contributed by atoms with Gasteiger partial charge in [0.2, 0.25) is 5.91 Å². The summed E-state index contributed by atoms with van der Waals surface area (Å²) in [6.45, 7) is 1.72. The predicted octanol–water partition coefficient (Wildman–Crippen LogP) is 2.78. The van der Waals surface area contributed by atoms with Gasteiger partial charge in [-0.1, -0.05) is 24.3 Å². The van der Waals surface area contributed by atoms with Gasteiger partial charge >= 0.3 is 0 Å². The number of hydrogen-bond donors (Lipinski definition) is 2. The van der Waals surface area contributed by atoms with E-state index in [-0.39, 0.29) is 11.7 Å². The zero-order valence-electron chi connectivity index (χ0n) is 15.0. The Balaban J connectivity index is 1.42. The second-order valence-corrected chi connectivity index (χ2v) is 6.99. The van der Waals surface area contributed by atoms with E-state index in [0.717, 1.165) is 49.9 Å². The number of pyridine rings is 1. The van der Waals surface area contributed by atoms with Crippen molar-refractivity contribution in [2.24, 2.45) is 11.7 Å². The Labute approximate surface area is 154 Å². The van der Waals surface area contributed by atoms with Gasteiger partial charge in [-0.2, -0.15) is 0 Å². The number of hydrogen-bond acceptors (Lipinski definition) is 3. The van der Waals surface area contributed by atoms with Gasteiger partial charge in [0.25, 0.3) is 0 Å². The molecule has 5 nitrogen and oxygen atoms in total. The molecule has 3 rings (SSSR count). The number of nitrogens with one attached hydrogen (secondary N) is 1. The minimum atomic E-state index is 0.0715. The van der Waals surface area contributed by atoms with E-state index in [2.05, 4.69) is 17.1 Å². The van der Waals surface area contributed by atoms with Crippen LogP contribution in [0.3, 0.4) is 0 Å². The number of aryl methyl sites for hydroxylation is 1. The first-order valence-corrected chi connectivity index (χ1v) is 9.22. The molecule has 0 radical (unpaired) electrons. The molecule has 1 fully saturated rings. The van der Waals surface area contributed by atoms with Gasteiger partial charge in [-0.3, -0.25) is 15.2 Å². The highest BCUT2D eigenvalue weighted by atomic mass is 16.2. The fourth-order valence-electron chi connectivity index (χ4n) is 3.50. The molecule has 0 bridgehead atoms. The lowest BCUT2D eigenvalue weighted by atomic mass is 9.90. The van der Waals surface area contributed by atoms with Gasteiger partial charge in [0.05, 0.1) is 0 Å². The average Bonchev–Trinajstić information content (AvgIpc) is 2.68. The van der Waals surface area contributed by atoms with Gasteiger partial charge < -0.3 is 10.6 Å². The summed E-state index contributed by atoms with van der Waals surface area (Å²) in [5.41, 5.74) is 8.62. The van der Waals surface area contributed by atoms with Gasteiger partial charge in [-0.25, -0.2) is 0 Å². The predicted molar refractivity (Wildman–Crippen MR) is 103 cm³/mol. The first kappa shape index (κ1) is 18.1. The van der Waals surface area contributed by atoms with E-state index < -0.39 is 0 Å². The second kappa shape index (κ2) is 8.61. The number of nitrogens with zero attached hydrogens (tertiary/aromatic N) is 2. The standard InChI is InChI=1S/C21H26N4O/c22-21(23)19-4-1-16(2-5-19)3-6-20(26)25-13-9-18(10-14-25)15-17-7-11-24-12-8-17/h1-2,4-5,7-8,11-12,18H,3,6,9-10,13-15H2,(H3,22,23). The summed E-state index contributed by atoms with van der Waals surface area (Å²) >= 11 is 0. The Morgan fingerprint density at radius 1 is 1.08 bits per heavy atom. The SMILES string of the molecule is N=C(N)c1ccc(CCC(=O)N2CCC(Cc3ccncc3)CC2)cc1. The molecule has 1 aromatic carbocycles. The highest BCUT2D eigenvalue weighted by Crippen LogP contribution is 2.22. The van der Waals surface area contributed by atoms with Crippen molar-refractivity contribution >= 4 is 11.7 Å². The zero-order valence-corrected chi connectivity index (χ0v) is 15.0. The second-order valence-electron chi connectivity index (χ2n) is 6.99. The molecule has 2 aromatic rings. The van der Waals surface area contributed by atoms with E-state index >= 15 is 0 Å². The molecule has 3 N–H and O–H groups in total. The normalized spacial score (nSPS) is 15.0. The number of piperidine rings is 1. The molecule has 0 aliphatic carbocycles. The number of amides is 1. The van der Waals surface area contributed by atoms with Crippen LogP contribution in [0, 0.1) is 11.3 Å². The van der Waals surface area contributed by atoms with Gasteiger partial charge in [0.15, 0.2) is 0 Å². The van der Waals surface area contributed by atoms with E-state index in [1.165, 1.54) is 5.56 Å². The molecule has 26 heavy (non-hydrogen) atoms. The third-order valence-electron chi connectivity index (χ3n) is 5.13. The van der Waals surface area contributed by atoms with Crippen molar-refractivity contribution in [3.8, 4) is 0 Å².